The van der Waals surface area contributed by atoms with Gasteiger partial charge in [-0.25, -0.2) is 0 Å². The van der Waals surface area contributed by atoms with E-state index in [0.29, 0.717) is 0 Å². The molecule has 0 saturated heterocycles. The van der Waals surface area contributed by atoms with Crippen LogP contribution in [0.3, 0.4) is 0 Å². The van der Waals surface area contributed by atoms with Gasteiger partial charge in [-0.2, -0.15) is 0 Å². The van der Waals surface area contributed by atoms with Crippen LogP contribution in [0.1, 0.15) is 32.6 Å². The average molecular weight is 203 g/mol. The Kier molecular flexibility index (Phi) is 3.37. The van der Waals surface area contributed by atoms with Gasteiger partial charge in [0.2, 0.25) is 0 Å². The molecule has 2 rings (SSSR count). The van der Waals surface area contributed by atoms with Gasteiger partial charge in [-0.1, -0.05) is 44.0 Å². The van der Waals surface area contributed by atoms with Crippen molar-refractivity contribution in [2.45, 2.75) is 32.6 Å². The quantitative estimate of drug-likeness (QED) is 0.521. The Labute approximate surface area is 87.5 Å². The molecule has 1 aliphatic heterocycles. The highest BCUT2D eigenvalue weighted by molar-refractivity contribution is 7.58. The van der Waals surface area contributed by atoms with Gasteiger partial charge in [0.1, 0.15) is 0 Å². The standard InChI is InChI=1S/C13H16P/c1-2-3-4-9-13-12-8-6-5-7-11(12)10-14-13/h5-8,10H,2-4,9H2,1H3. The van der Waals surface area contributed by atoms with E-state index in [1.807, 2.05) is 0 Å². The summed E-state index contributed by atoms with van der Waals surface area (Å²) in [4.78, 5) is 0. The Morgan fingerprint density at radius 1 is 1.14 bits per heavy atom. The molecule has 1 aromatic carbocycles. The lowest BCUT2D eigenvalue weighted by Crippen LogP contribution is -2.21. The summed E-state index contributed by atoms with van der Waals surface area (Å²) in [6.45, 7) is 2.26. The zero-order valence-corrected chi connectivity index (χ0v) is 9.56. The van der Waals surface area contributed by atoms with Crippen LogP contribution in [-0.4, -0.2) is 0 Å². The summed E-state index contributed by atoms with van der Waals surface area (Å²) in [6.07, 6.45) is 5.31. The normalized spacial score (nSPS) is 15.6. The van der Waals surface area contributed by atoms with Gasteiger partial charge in [0.05, 0.1) is 0 Å². The molecule has 1 heteroatoms. The molecule has 0 N–H and O–H groups in total. The zero-order valence-electron chi connectivity index (χ0n) is 8.66. The van der Waals surface area contributed by atoms with Gasteiger partial charge < -0.3 is 0 Å². The second-order valence-corrected chi connectivity index (χ2v) is 4.81. The van der Waals surface area contributed by atoms with Crippen molar-refractivity contribution >= 4 is 19.7 Å². The van der Waals surface area contributed by atoms with E-state index < -0.39 is 0 Å². The summed E-state index contributed by atoms with van der Waals surface area (Å²) in [5.74, 6) is 2.33. The minimum atomic E-state index is 1.28. The van der Waals surface area contributed by atoms with Crippen LogP contribution < -0.4 is 10.4 Å². The summed E-state index contributed by atoms with van der Waals surface area (Å²) in [5, 5.41) is 4.54. The summed E-state index contributed by atoms with van der Waals surface area (Å²) in [6, 6.07) is 8.75. The van der Waals surface area contributed by atoms with Crippen LogP contribution in [0.4, 0.5) is 0 Å². The molecule has 0 nitrogen and oxygen atoms in total. The number of rotatable bonds is 4. The molecule has 0 aliphatic carbocycles. The van der Waals surface area contributed by atoms with Gasteiger partial charge in [0, 0.05) is 0 Å². The van der Waals surface area contributed by atoms with E-state index >= 15 is 0 Å². The number of fused-ring (bicyclic) bond motifs is 1. The molecular weight excluding hydrogens is 187 g/mol. The number of hydrogen-bond donors (Lipinski definition) is 0. The molecule has 1 radical (unpaired) electrons. The van der Waals surface area contributed by atoms with E-state index in [0.717, 1.165) is 0 Å². The van der Waals surface area contributed by atoms with Crippen molar-refractivity contribution in [2.75, 3.05) is 0 Å². The van der Waals surface area contributed by atoms with E-state index in [9.17, 15) is 0 Å². The Morgan fingerprint density at radius 3 is 2.86 bits per heavy atom. The maximum Gasteiger partial charge on any atom is -0.0140 e. The van der Waals surface area contributed by atoms with Gasteiger partial charge in [0.25, 0.3) is 0 Å². The predicted octanol–water partition coefficient (Wildman–Crippen LogP) is 3.07. The van der Waals surface area contributed by atoms with E-state index in [4.69, 9.17) is 0 Å². The molecule has 0 saturated carbocycles. The molecule has 1 aliphatic rings. The van der Waals surface area contributed by atoms with Crippen molar-refractivity contribution in [2.24, 2.45) is 0 Å². The summed E-state index contributed by atoms with van der Waals surface area (Å²) < 4.78 is 0. The Bertz CT molecular complexity index is 417. The fourth-order valence-corrected chi connectivity index (χ4v) is 2.98. The fourth-order valence-electron chi connectivity index (χ4n) is 1.83. The molecule has 0 spiro atoms. The van der Waals surface area contributed by atoms with Crippen molar-refractivity contribution in [3.8, 4) is 0 Å². The molecule has 0 fully saturated rings. The van der Waals surface area contributed by atoms with Crippen LogP contribution in [0.2, 0.25) is 0 Å². The highest BCUT2D eigenvalue weighted by Crippen LogP contribution is 2.31. The fraction of sp³-hybridized carbons (Fsp3) is 0.385. The molecule has 1 heterocycles. The van der Waals surface area contributed by atoms with Crippen molar-refractivity contribution in [1.82, 2.24) is 0 Å². The maximum atomic E-state index is 2.33. The first-order chi connectivity index (χ1) is 6.92. The van der Waals surface area contributed by atoms with Crippen LogP contribution in [0, 0.1) is 0 Å². The third kappa shape index (κ3) is 2.07. The monoisotopic (exact) mass is 203 g/mol. The summed E-state index contributed by atoms with van der Waals surface area (Å²) >= 11 is 0. The highest BCUT2D eigenvalue weighted by atomic mass is 31.1. The third-order valence-electron chi connectivity index (χ3n) is 2.65. The lowest BCUT2D eigenvalue weighted by Gasteiger charge is -1.99. The smallest absolute Gasteiger partial charge is 0.0140 e. The van der Waals surface area contributed by atoms with Gasteiger partial charge in [0.15, 0.2) is 0 Å². The van der Waals surface area contributed by atoms with Crippen molar-refractivity contribution < 1.29 is 0 Å². The second kappa shape index (κ2) is 4.75. The SMILES string of the molecule is CCCCCC1=c2ccccc2=C[P]1. The van der Waals surface area contributed by atoms with Crippen molar-refractivity contribution in [3.63, 3.8) is 0 Å². The van der Waals surface area contributed by atoms with Gasteiger partial charge in [-0.05, 0) is 43.0 Å². The first-order valence-corrected chi connectivity index (χ1v) is 6.37. The molecule has 1 aromatic rings. The minimum Gasteiger partial charge on any atom is -0.0654 e. The molecule has 0 bridgehead atoms. The summed E-state index contributed by atoms with van der Waals surface area (Å²) in [5.41, 5.74) is 0. The van der Waals surface area contributed by atoms with Crippen LogP contribution in [0.15, 0.2) is 24.3 Å². The van der Waals surface area contributed by atoms with Gasteiger partial charge in [-0.3, -0.25) is 0 Å². The van der Waals surface area contributed by atoms with E-state index in [2.05, 4.69) is 37.0 Å². The topological polar surface area (TPSA) is 0 Å². The Hall–Kier alpha value is -0.610. The summed E-state index contributed by atoms with van der Waals surface area (Å²) in [7, 11) is 1.43. The van der Waals surface area contributed by atoms with E-state index in [1.165, 1.54) is 44.7 Å². The predicted molar refractivity (Wildman–Crippen MR) is 64.6 cm³/mol. The van der Waals surface area contributed by atoms with E-state index in [1.54, 1.807) is 5.31 Å². The zero-order chi connectivity index (χ0) is 9.80. The van der Waals surface area contributed by atoms with Crippen LogP contribution in [0.25, 0.3) is 11.1 Å². The molecule has 0 unspecified atom stereocenters. The van der Waals surface area contributed by atoms with Gasteiger partial charge in [-0.15, -0.1) is 0 Å². The Balaban J connectivity index is 2.19. The van der Waals surface area contributed by atoms with E-state index in [-0.39, 0.29) is 0 Å². The largest absolute Gasteiger partial charge is 0.0654 e. The average Bonchev–Trinajstić information content (AvgIpc) is 2.63. The molecule has 73 valence electrons. The highest BCUT2D eigenvalue weighted by Gasteiger charge is 2.04. The third-order valence-corrected chi connectivity index (χ3v) is 3.83. The lowest BCUT2D eigenvalue weighted by molar-refractivity contribution is 0.738. The van der Waals surface area contributed by atoms with Gasteiger partial charge >= 0.3 is 0 Å². The van der Waals surface area contributed by atoms with Crippen molar-refractivity contribution in [1.29, 1.82) is 0 Å². The van der Waals surface area contributed by atoms with Crippen LogP contribution in [-0.2, 0) is 0 Å². The minimum absolute atomic E-state index is 1.28. The number of benzene rings is 1. The maximum absolute atomic E-state index is 2.33. The second-order valence-electron chi connectivity index (χ2n) is 3.75. The molecule has 0 aromatic heterocycles. The number of unbranched alkanes of at least 4 members (excludes halogenated alkanes) is 2. The Morgan fingerprint density at radius 2 is 2.00 bits per heavy atom. The lowest BCUT2D eigenvalue weighted by atomic mass is 10.1. The molecule has 0 amide bonds. The first kappa shape index (κ1) is 9.93. The molecule has 0 atom stereocenters. The molecular formula is C13H16P. The van der Waals surface area contributed by atoms with Crippen LogP contribution in [0.5, 0.6) is 0 Å². The number of hydrogen-bond acceptors (Lipinski definition) is 0. The van der Waals surface area contributed by atoms with Crippen LogP contribution >= 0.6 is 8.58 Å². The first-order valence-electron chi connectivity index (χ1n) is 5.41. The molecule has 14 heavy (non-hydrogen) atoms. The van der Waals surface area contributed by atoms with Crippen molar-refractivity contribution in [3.05, 3.63) is 34.7 Å².